The van der Waals surface area contributed by atoms with Gasteiger partial charge in [-0.2, -0.15) is 11.8 Å². The Hall–Kier alpha value is -1.12. The topological polar surface area (TPSA) is 82.5 Å². The SMILES string of the molecule is CCN(CC)C(=O)[C@@H](C)[C@@H]1CC[C@]2(C)Cc3sc(NC(=O)CSC)nc3[C@@H](C)[C@@H]2[C@H]1O. The van der Waals surface area contributed by atoms with Gasteiger partial charge in [-0.3, -0.25) is 9.59 Å². The summed E-state index contributed by atoms with van der Waals surface area (Å²) in [5, 5.41) is 15.1. The molecule has 1 aromatic heterocycles. The van der Waals surface area contributed by atoms with Gasteiger partial charge in [-0.05, 0) is 56.6 Å². The van der Waals surface area contributed by atoms with Gasteiger partial charge in [-0.25, -0.2) is 4.98 Å². The monoisotopic (exact) mass is 467 g/mol. The van der Waals surface area contributed by atoms with Crippen molar-refractivity contribution in [3.63, 3.8) is 0 Å². The number of aliphatic hydroxyl groups excluding tert-OH is 1. The van der Waals surface area contributed by atoms with E-state index in [9.17, 15) is 14.7 Å². The zero-order chi connectivity index (χ0) is 22.9. The summed E-state index contributed by atoms with van der Waals surface area (Å²) in [6, 6.07) is 0. The van der Waals surface area contributed by atoms with Crippen LogP contribution in [-0.2, 0) is 16.0 Å². The Kier molecular flexibility index (Phi) is 7.75. The van der Waals surface area contributed by atoms with Gasteiger partial charge in [0.2, 0.25) is 11.8 Å². The number of nitrogens with one attached hydrogen (secondary N) is 1. The Bertz CT molecular complexity index is 810. The van der Waals surface area contributed by atoms with Crippen LogP contribution in [0, 0.1) is 23.2 Å². The summed E-state index contributed by atoms with van der Waals surface area (Å²) in [7, 11) is 0. The molecule has 8 heteroatoms. The third-order valence-electron chi connectivity index (χ3n) is 7.55. The molecule has 2 N–H and O–H groups in total. The van der Waals surface area contributed by atoms with Crippen molar-refractivity contribution in [2.24, 2.45) is 23.2 Å². The highest BCUT2D eigenvalue weighted by molar-refractivity contribution is 7.99. The van der Waals surface area contributed by atoms with Crippen molar-refractivity contribution in [1.29, 1.82) is 0 Å². The Morgan fingerprint density at radius 1 is 1.39 bits per heavy atom. The summed E-state index contributed by atoms with van der Waals surface area (Å²) in [5.41, 5.74) is 0.988. The molecule has 6 nitrogen and oxygen atoms in total. The van der Waals surface area contributed by atoms with E-state index in [0.717, 1.165) is 25.0 Å². The molecule has 0 unspecified atom stereocenters. The summed E-state index contributed by atoms with van der Waals surface area (Å²) in [6.07, 6.45) is 4.10. The number of carbonyl (C=O) groups excluding carboxylic acids is 2. The molecule has 6 atom stereocenters. The highest BCUT2D eigenvalue weighted by Crippen LogP contribution is 2.57. The minimum Gasteiger partial charge on any atom is -0.392 e. The normalized spacial score (nSPS) is 30.8. The molecule has 2 aliphatic carbocycles. The number of hydrogen-bond acceptors (Lipinski definition) is 6. The van der Waals surface area contributed by atoms with E-state index in [1.165, 1.54) is 16.6 Å². The van der Waals surface area contributed by atoms with Gasteiger partial charge in [0.15, 0.2) is 5.13 Å². The third-order valence-corrected chi connectivity index (χ3v) is 9.09. The quantitative estimate of drug-likeness (QED) is 0.633. The predicted octanol–water partition coefficient (Wildman–Crippen LogP) is 4.00. The van der Waals surface area contributed by atoms with Gasteiger partial charge in [0.1, 0.15) is 0 Å². The molecule has 2 amide bonds. The number of hydrogen-bond donors (Lipinski definition) is 2. The first-order valence-electron chi connectivity index (χ1n) is 11.4. The average molecular weight is 468 g/mol. The van der Waals surface area contributed by atoms with Gasteiger partial charge in [-0.15, -0.1) is 11.3 Å². The lowest BCUT2D eigenvalue weighted by Gasteiger charge is -2.53. The number of fused-ring (bicyclic) bond motifs is 2. The standard InChI is InChI=1S/C23H37N3O3S2/c1-7-26(8-2)21(29)13(3)15-9-10-23(5)11-16-19(14(4)18(23)20(15)28)25-22(31-16)24-17(27)12-30-6/h13-15,18,20,28H,7-12H2,1-6H3,(H,24,25,27)/t13-,14-,15-,18+,20-,23+/m0/s1. The van der Waals surface area contributed by atoms with Gasteiger partial charge < -0.3 is 15.3 Å². The fourth-order valence-electron chi connectivity index (χ4n) is 5.89. The summed E-state index contributed by atoms with van der Waals surface area (Å²) < 4.78 is 0. The molecule has 2 aliphatic rings. The van der Waals surface area contributed by atoms with Crippen LogP contribution in [0.15, 0.2) is 0 Å². The number of rotatable bonds is 7. The second-order valence-corrected chi connectivity index (χ2v) is 11.4. The molecule has 3 rings (SSSR count). The number of anilines is 1. The van der Waals surface area contributed by atoms with Crippen LogP contribution < -0.4 is 5.32 Å². The molecule has 1 saturated carbocycles. The first-order valence-corrected chi connectivity index (χ1v) is 13.6. The van der Waals surface area contributed by atoms with Crippen molar-refractivity contribution in [3.05, 3.63) is 10.6 Å². The first-order chi connectivity index (χ1) is 14.7. The van der Waals surface area contributed by atoms with Crippen molar-refractivity contribution < 1.29 is 14.7 Å². The Balaban J connectivity index is 1.83. The predicted molar refractivity (Wildman–Crippen MR) is 129 cm³/mol. The summed E-state index contributed by atoms with van der Waals surface area (Å²) in [5.74, 6) is 0.457. The maximum Gasteiger partial charge on any atom is 0.236 e. The van der Waals surface area contributed by atoms with Crippen molar-refractivity contribution in [3.8, 4) is 0 Å². The van der Waals surface area contributed by atoms with Gasteiger partial charge in [0.25, 0.3) is 0 Å². The molecule has 174 valence electrons. The average Bonchev–Trinajstić information content (AvgIpc) is 3.10. The molecule has 0 aliphatic heterocycles. The lowest BCUT2D eigenvalue weighted by atomic mass is 9.53. The van der Waals surface area contributed by atoms with Crippen molar-refractivity contribution in [2.75, 3.05) is 30.4 Å². The Morgan fingerprint density at radius 3 is 2.68 bits per heavy atom. The number of thioether (sulfide) groups is 1. The zero-order valence-electron chi connectivity index (χ0n) is 19.6. The molecular formula is C23H37N3O3S2. The molecule has 31 heavy (non-hydrogen) atoms. The van der Waals surface area contributed by atoms with E-state index in [0.29, 0.717) is 24.0 Å². The maximum absolute atomic E-state index is 13.0. The molecule has 1 aromatic rings. The summed E-state index contributed by atoms with van der Waals surface area (Å²) in [4.78, 5) is 32.9. The van der Waals surface area contributed by atoms with E-state index >= 15 is 0 Å². The molecule has 0 aromatic carbocycles. The zero-order valence-corrected chi connectivity index (χ0v) is 21.2. The van der Waals surface area contributed by atoms with E-state index < -0.39 is 6.10 Å². The van der Waals surface area contributed by atoms with E-state index in [2.05, 4.69) is 19.2 Å². The molecule has 0 spiro atoms. The van der Waals surface area contributed by atoms with E-state index in [1.807, 2.05) is 31.9 Å². The summed E-state index contributed by atoms with van der Waals surface area (Å²) in [6.45, 7) is 11.8. The van der Waals surface area contributed by atoms with Gasteiger partial charge in [0.05, 0.1) is 17.6 Å². The van der Waals surface area contributed by atoms with Crippen LogP contribution in [0.25, 0.3) is 0 Å². The smallest absolute Gasteiger partial charge is 0.236 e. The van der Waals surface area contributed by atoms with Crippen LogP contribution in [0.4, 0.5) is 5.13 Å². The Morgan fingerprint density at radius 2 is 2.06 bits per heavy atom. The molecular weight excluding hydrogens is 430 g/mol. The van der Waals surface area contributed by atoms with Crippen LogP contribution in [0.1, 0.15) is 63.9 Å². The van der Waals surface area contributed by atoms with Gasteiger partial charge >= 0.3 is 0 Å². The molecule has 1 fully saturated rings. The van der Waals surface area contributed by atoms with Crippen molar-refractivity contribution in [1.82, 2.24) is 9.88 Å². The second kappa shape index (κ2) is 9.79. The van der Waals surface area contributed by atoms with Gasteiger partial charge in [-0.1, -0.05) is 20.8 Å². The fraction of sp³-hybridized carbons (Fsp3) is 0.783. The minimum atomic E-state index is -0.535. The molecule has 0 radical (unpaired) electrons. The van der Waals surface area contributed by atoms with Crippen molar-refractivity contribution in [2.45, 2.75) is 65.9 Å². The van der Waals surface area contributed by atoms with Crippen molar-refractivity contribution >= 4 is 40.0 Å². The number of aliphatic hydroxyl groups is 1. The maximum atomic E-state index is 13.0. The van der Waals surface area contributed by atoms with Crippen LogP contribution >= 0.6 is 23.1 Å². The fourth-order valence-corrected chi connectivity index (χ4v) is 7.51. The van der Waals surface area contributed by atoms with Gasteiger partial charge in [0, 0.05) is 29.8 Å². The van der Waals surface area contributed by atoms with E-state index in [-0.39, 0.29) is 40.9 Å². The lowest BCUT2D eigenvalue weighted by molar-refractivity contribution is -0.144. The third kappa shape index (κ3) is 4.67. The lowest BCUT2D eigenvalue weighted by Crippen LogP contribution is -2.53. The number of aromatic nitrogens is 1. The minimum absolute atomic E-state index is 0.0205. The van der Waals surface area contributed by atoms with E-state index in [1.54, 1.807) is 11.3 Å². The van der Waals surface area contributed by atoms with E-state index in [4.69, 9.17) is 4.98 Å². The number of thiazole rings is 1. The van der Waals surface area contributed by atoms with Crippen LogP contribution in [0.3, 0.4) is 0 Å². The number of carbonyl (C=O) groups is 2. The molecule has 0 bridgehead atoms. The van der Waals surface area contributed by atoms with Crippen LogP contribution in [-0.4, -0.2) is 58.0 Å². The Labute approximate surface area is 194 Å². The highest BCUT2D eigenvalue weighted by Gasteiger charge is 2.54. The first kappa shape index (κ1) is 24.5. The number of nitrogens with zero attached hydrogens (tertiary/aromatic N) is 2. The molecule has 0 saturated heterocycles. The summed E-state index contributed by atoms with van der Waals surface area (Å²) >= 11 is 3.07. The highest BCUT2D eigenvalue weighted by atomic mass is 32.2. The van der Waals surface area contributed by atoms with Crippen LogP contribution in [0.5, 0.6) is 0 Å². The van der Waals surface area contributed by atoms with Crippen LogP contribution in [0.2, 0.25) is 0 Å². The molecule has 1 heterocycles. The largest absolute Gasteiger partial charge is 0.392 e. The second-order valence-electron chi connectivity index (χ2n) is 9.45. The number of amides is 2.